The third kappa shape index (κ3) is 5.74. The van der Waals surface area contributed by atoms with Crippen molar-refractivity contribution in [2.24, 2.45) is 0 Å². The highest BCUT2D eigenvalue weighted by molar-refractivity contribution is 5.88. The molecule has 0 aliphatic carbocycles. The first-order valence-corrected chi connectivity index (χ1v) is 6.43. The Morgan fingerprint density at radius 2 is 1.76 bits per heavy atom. The van der Waals surface area contributed by atoms with Gasteiger partial charge in [0.05, 0.1) is 6.42 Å². The highest BCUT2D eigenvalue weighted by Gasteiger charge is 2.27. The van der Waals surface area contributed by atoms with Crippen molar-refractivity contribution in [3.05, 3.63) is 35.9 Å². The fraction of sp³-hybridized carbons (Fsp3) is 0.400. The summed E-state index contributed by atoms with van der Waals surface area (Å²) in [7, 11) is 1.36. The lowest BCUT2D eigenvalue weighted by molar-refractivity contribution is -0.166. The Hall–Kier alpha value is -2.21. The van der Waals surface area contributed by atoms with Crippen molar-refractivity contribution < 1.29 is 29.0 Å². The van der Waals surface area contributed by atoms with Crippen LogP contribution in [0.3, 0.4) is 0 Å². The minimum atomic E-state index is -1.29. The van der Waals surface area contributed by atoms with Gasteiger partial charge in [0, 0.05) is 13.5 Å². The molecule has 0 aromatic heterocycles. The number of hydrogen-bond acceptors (Lipinski definition) is 5. The molecule has 2 unspecified atom stereocenters. The summed E-state index contributed by atoms with van der Waals surface area (Å²) in [6.07, 6.45) is -2.44. The van der Waals surface area contributed by atoms with Crippen molar-refractivity contribution in [3.8, 4) is 0 Å². The Morgan fingerprint density at radius 3 is 2.24 bits per heavy atom. The van der Waals surface area contributed by atoms with E-state index in [0.717, 1.165) is 5.56 Å². The maximum absolute atomic E-state index is 12.0. The second-order valence-electron chi connectivity index (χ2n) is 4.55. The summed E-state index contributed by atoms with van der Waals surface area (Å²) in [6, 6.07) is 9.17. The van der Waals surface area contributed by atoms with Gasteiger partial charge < -0.3 is 14.6 Å². The molecule has 1 rings (SSSR count). The average molecular weight is 294 g/mol. The molecule has 1 aromatic carbocycles. The zero-order valence-electron chi connectivity index (χ0n) is 11.9. The van der Waals surface area contributed by atoms with Gasteiger partial charge in [0.15, 0.2) is 18.0 Å². The van der Waals surface area contributed by atoms with Crippen LogP contribution in [-0.2, 0) is 30.3 Å². The number of hydrogen-bond donors (Lipinski definition) is 1. The van der Waals surface area contributed by atoms with Gasteiger partial charge in [-0.1, -0.05) is 30.3 Å². The summed E-state index contributed by atoms with van der Waals surface area (Å²) in [5.74, 6) is -2.47. The molecule has 1 aromatic rings. The number of carbonyl (C=O) groups is 3. The number of carboxylic acid groups (broad SMARTS) is 1. The molecule has 6 heteroatoms. The van der Waals surface area contributed by atoms with Crippen molar-refractivity contribution >= 4 is 17.7 Å². The molecule has 2 atom stereocenters. The number of carbonyl (C=O) groups excluding carboxylic acids is 2. The van der Waals surface area contributed by atoms with E-state index in [4.69, 9.17) is 14.6 Å². The van der Waals surface area contributed by atoms with Gasteiger partial charge in [-0.3, -0.25) is 9.59 Å². The summed E-state index contributed by atoms with van der Waals surface area (Å²) in [4.78, 5) is 33.9. The molecular weight excluding hydrogens is 276 g/mol. The normalized spacial score (nSPS) is 13.2. The number of rotatable bonds is 8. The molecule has 0 aliphatic heterocycles. The van der Waals surface area contributed by atoms with Gasteiger partial charge >= 0.3 is 11.9 Å². The average Bonchev–Trinajstić information content (AvgIpc) is 2.44. The minimum Gasteiger partial charge on any atom is -0.481 e. The van der Waals surface area contributed by atoms with Crippen molar-refractivity contribution in [3.63, 3.8) is 0 Å². The monoisotopic (exact) mass is 294 g/mol. The zero-order valence-corrected chi connectivity index (χ0v) is 11.9. The van der Waals surface area contributed by atoms with Crippen molar-refractivity contribution in [1.29, 1.82) is 0 Å². The van der Waals surface area contributed by atoms with Gasteiger partial charge in [-0.25, -0.2) is 4.79 Å². The molecule has 0 aliphatic rings. The highest BCUT2D eigenvalue weighted by Crippen LogP contribution is 2.10. The van der Waals surface area contributed by atoms with Crippen LogP contribution in [0.5, 0.6) is 0 Å². The predicted octanol–water partition coefficient (Wildman–Crippen LogP) is 1.22. The van der Waals surface area contributed by atoms with E-state index >= 15 is 0 Å². The molecule has 0 bridgehead atoms. The predicted molar refractivity (Wildman–Crippen MR) is 73.8 cm³/mol. The lowest BCUT2D eigenvalue weighted by Crippen LogP contribution is -2.35. The van der Waals surface area contributed by atoms with Gasteiger partial charge in [0.1, 0.15) is 0 Å². The third-order valence-corrected chi connectivity index (χ3v) is 2.88. The van der Waals surface area contributed by atoms with E-state index in [1.165, 1.54) is 14.0 Å². The van der Waals surface area contributed by atoms with Gasteiger partial charge in [0.25, 0.3) is 0 Å². The van der Waals surface area contributed by atoms with Crippen LogP contribution in [-0.4, -0.2) is 42.1 Å². The Labute approximate surface area is 122 Å². The summed E-state index contributed by atoms with van der Waals surface area (Å²) < 4.78 is 10.0. The number of methoxy groups -OCH3 is 1. The van der Waals surface area contributed by atoms with Crippen molar-refractivity contribution in [2.75, 3.05) is 7.11 Å². The molecule has 0 heterocycles. The summed E-state index contributed by atoms with van der Waals surface area (Å²) in [6.45, 7) is 1.18. The molecule has 0 radical (unpaired) electrons. The maximum Gasteiger partial charge on any atom is 0.336 e. The van der Waals surface area contributed by atoms with E-state index in [0.29, 0.717) is 0 Å². The minimum absolute atomic E-state index is 0.286. The fourth-order valence-corrected chi connectivity index (χ4v) is 1.73. The molecule has 114 valence electrons. The van der Waals surface area contributed by atoms with Crippen molar-refractivity contribution in [2.45, 2.75) is 32.0 Å². The van der Waals surface area contributed by atoms with Crippen LogP contribution in [0.25, 0.3) is 0 Å². The molecule has 1 N–H and O–H groups in total. The summed E-state index contributed by atoms with van der Waals surface area (Å²) >= 11 is 0. The Morgan fingerprint density at radius 1 is 1.14 bits per heavy atom. The molecule has 0 fully saturated rings. The topological polar surface area (TPSA) is 89.9 Å². The number of aliphatic carboxylic acids is 1. The van der Waals surface area contributed by atoms with Gasteiger partial charge in [0.2, 0.25) is 0 Å². The molecule has 21 heavy (non-hydrogen) atoms. The molecule has 0 saturated carbocycles. The molecular formula is C15H18O6. The molecule has 6 nitrogen and oxygen atoms in total. The van der Waals surface area contributed by atoms with E-state index in [9.17, 15) is 14.4 Å². The summed E-state index contributed by atoms with van der Waals surface area (Å²) in [5.41, 5.74) is 0.874. The standard InChI is InChI=1S/C15H18O6/c1-10(16)12(9-14(17)18)21-15(19)13(20-2)8-11-6-4-3-5-7-11/h3-7,12-13H,8-9H2,1-2H3,(H,17,18). The lowest BCUT2D eigenvalue weighted by atomic mass is 10.1. The van der Waals surface area contributed by atoms with E-state index < -0.39 is 36.4 Å². The van der Waals surface area contributed by atoms with Gasteiger partial charge in [-0.15, -0.1) is 0 Å². The number of ketones is 1. The Bertz CT molecular complexity index is 496. The van der Waals surface area contributed by atoms with Crippen LogP contribution in [0.2, 0.25) is 0 Å². The summed E-state index contributed by atoms with van der Waals surface area (Å²) in [5, 5.41) is 8.70. The number of benzene rings is 1. The third-order valence-electron chi connectivity index (χ3n) is 2.88. The van der Waals surface area contributed by atoms with Crippen LogP contribution in [0.4, 0.5) is 0 Å². The van der Waals surface area contributed by atoms with Crippen LogP contribution in [0, 0.1) is 0 Å². The molecule has 0 spiro atoms. The second kappa shape index (κ2) is 8.16. The van der Waals surface area contributed by atoms with Gasteiger partial charge in [-0.05, 0) is 12.5 Å². The highest BCUT2D eigenvalue weighted by atomic mass is 16.6. The molecule has 0 saturated heterocycles. The number of carboxylic acids is 1. The maximum atomic E-state index is 12.0. The first-order chi connectivity index (χ1) is 9.93. The Balaban J connectivity index is 2.69. The number of ether oxygens (including phenoxy) is 2. The van der Waals surface area contributed by atoms with E-state index in [2.05, 4.69) is 0 Å². The van der Waals surface area contributed by atoms with Crippen LogP contribution in [0.15, 0.2) is 30.3 Å². The first-order valence-electron chi connectivity index (χ1n) is 6.43. The van der Waals surface area contributed by atoms with E-state index in [-0.39, 0.29) is 6.42 Å². The van der Waals surface area contributed by atoms with E-state index in [1.807, 2.05) is 30.3 Å². The lowest BCUT2D eigenvalue weighted by Gasteiger charge is -2.18. The number of esters is 1. The van der Waals surface area contributed by atoms with Crippen molar-refractivity contribution in [1.82, 2.24) is 0 Å². The fourth-order valence-electron chi connectivity index (χ4n) is 1.73. The smallest absolute Gasteiger partial charge is 0.336 e. The molecule has 0 amide bonds. The number of Topliss-reactive ketones (excluding diaryl/α,β-unsaturated/α-hetero) is 1. The first kappa shape index (κ1) is 16.8. The van der Waals surface area contributed by atoms with Gasteiger partial charge in [-0.2, -0.15) is 0 Å². The zero-order chi connectivity index (χ0) is 15.8. The Kier molecular flexibility index (Phi) is 6.55. The second-order valence-corrected chi connectivity index (χ2v) is 4.55. The quantitative estimate of drug-likeness (QED) is 0.725. The SMILES string of the molecule is COC(Cc1ccccc1)C(=O)OC(CC(=O)O)C(C)=O. The van der Waals surface area contributed by atoms with Crippen LogP contribution >= 0.6 is 0 Å². The largest absolute Gasteiger partial charge is 0.481 e. The van der Waals surface area contributed by atoms with E-state index in [1.54, 1.807) is 0 Å². The van der Waals surface area contributed by atoms with Crippen LogP contribution < -0.4 is 0 Å². The van der Waals surface area contributed by atoms with Crippen LogP contribution in [0.1, 0.15) is 18.9 Å².